The summed E-state index contributed by atoms with van der Waals surface area (Å²) in [7, 11) is 0. The molecule has 0 saturated carbocycles. The molecule has 2 unspecified atom stereocenters. The minimum Gasteiger partial charge on any atom is -0.396 e. The van der Waals surface area contributed by atoms with Gasteiger partial charge in [0.05, 0.1) is 19.3 Å². The number of unbranched alkanes of at least 4 members (excludes halogenated alkanes) is 3. The largest absolute Gasteiger partial charge is 0.396 e. The lowest BCUT2D eigenvalue weighted by Crippen LogP contribution is -2.53. The maximum atomic E-state index is 10.00. The number of rotatable bonds is 10. The van der Waals surface area contributed by atoms with E-state index >= 15 is 0 Å². The van der Waals surface area contributed by atoms with Crippen LogP contribution in [-0.2, 0) is 0 Å². The molecule has 2 atom stereocenters. The van der Waals surface area contributed by atoms with Gasteiger partial charge in [0.15, 0.2) is 0 Å². The van der Waals surface area contributed by atoms with E-state index in [1.54, 1.807) is 0 Å². The van der Waals surface area contributed by atoms with E-state index in [-0.39, 0.29) is 13.2 Å². The quantitative estimate of drug-likeness (QED) is 0.434. The second-order valence-electron chi connectivity index (χ2n) is 4.97. The second kappa shape index (κ2) is 8.86. The first-order valence-corrected chi connectivity index (χ1v) is 6.73. The van der Waals surface area contributed by atoms with E-state index in [0.29, 0.717) is 12.8 Å². The van der Waals surface area contributed by atoms with E-state index in [1.165, 1.54) is 6.42 Å². The van der Waals surface area contributed by atoms with Crippen LogP contribution in [-0.4, -0.2) is 40.7 Å². The van der Waals surface area contributed by atoms with Crippen molar-refractivity contribution >= 4 is 0 Å². The first-order chi connectivity index (χ1) is 8.07. The van der Waals surface area contributed by atoms with Crippen molar-refractivity contribution in [3.8, 4) is 0 Å². The first kappa shape index (κ1) is 16.8. The Balaban J connectivity index is 4.20. The predicted octanol–water partition coefficient (Wildman–Crippen LogP) is 1.03. The Labute approximate surface area is 105 Å². The molecule has 0 saturated heterocycles. The van der Waals surface area contributed by atoms with Crippen molar-refractivity contribution < 1.29 is 15.3 Å². The van der Waals surface area contributed by atoms with Crippen LogP contribution >= 0.6 is 0 Å². The van der Waals surface area contributed by atoms with Crippen LogP contribution in [0.3, 0.4) is 0 Å². The van der Waals surface area contributed by atoms with E-state index < -0.39 is 17.6 Å². The van der Waals surface area contributed by atoms with E-state index in [2.05, 4.69) is 6.92 Å². The van der Waals surface area contributed by atoms with Crippen molar-refractivity contribution in [2.24, 2.45) is 11.1 Å². The van der Waals surface area contributed by atoms with E-state index in [1.807, 2.05) is 6.92 Å². The summed E-state index contributed by atoms with van der Waals surface area (Å²) in [4.78, 5) is 0. The molecular formula is C13H29NO3. The van der Waals surface area contributed by atoms with Gasteiger partial charge in [0.25, 0.3) is 0 Å². The van der Waals surface area contributed by atoms with Crippen LogP contribution in [0.4, 0.5) is 0 Å². The number of hydrogen-bond donors (Lipinski definition) is 4. The van der Waals surface area contributed by atoms with Gasteiger partial charge in [-0.2, -0.15) is 0 Å². The van der Waals surface area contributed by atoms with Crippen LogP contribution in [0.5, 0.6) is 0 Å². The lowest BCUT2D eigenvalue weighted by atomic mass is 9.76. The Kier molecular flexibility index (Phi) is 8.78. The maximum Gasteiger partial charge on any atom is 0.0698 e. The highest BCUT2D eigenvalue weighted by Gasteiger charge is 2.37. The molecule has 0 spiro atoms. The Bertz CT molecular complexity index is 175. The monoisotopic (exact) mass is 247 g/mol. The highest BCUT2D eigenvalue weighted by atomic mass is 16.3. The Morgan fingerprint density at radius 2 is 1.65 bits per heavy atom. The van der Waals surface area contributed by atoms with Crippen molar-refractivity contribution in [1.29, 1.82) is 0 Å². The molecule has 0 aromatic carbocycles. The predicted molar refractivity (Wildman–Crippen MR) is 69.6 cm³/mol. The number of hydrogen-bond acceptors (Lipinski definition) is 4. The molecule has 0 aromatic rings. The fourth-order valence-corrected chi connectivity index (χ4v) is 2.09. The van der Waals surface area contributed by atoms with Crippen LogP contribution in [0.2, 0.25) is 0 Å². The molecule has 4 heteroatoms. The molecule has 5 N–H and O–H groups in total. The van der Waals surface area contributed by atoms with Crippen LogP contribution < -0.4 is 5.73 Å². The van der Waals surface area contributed by atoms with Gasteiger partial charge in [-0.25, -0.2) is 0 Å². The average molecular weight is 247 g/mol. The van der Waals surface area contributed by atoms with E-state index in [9.17, 15) is 15.3 Å². The molecule has 0 heterocycles. The molecule has 0 rings (SSSR count). The molecule has 4 nitrogen and oxygen atoms in total. The summed E-state index contributed by atoms with van der Waals surface area (Å²) in [5, 5.41) is 28.7. The third kappa shape index (κ3) is 4.92. The summed E-state index contributed by atoms with van der Waals surface area (Å²) in [6.07, 6.45) is 4.92. The zero-order valence-corrected chi connectivity index (χ0v) is 11.2. The van der Waals surface area contributed by atoms with Crippen molar-refractivity contribution in [3.63, 3.8) is 0 Å². The van der Waals surface area contributed by atoms with Gasteiger partial charge < -0.3 is 21.1 Å². The van der Waals surface area contributed by atoms with E-state index in [0.717, 1.165) is 19.3 Å². The number of aliphatic hydroxyl groups excluding tert-OH is 3. The summed E-state index contributed by atoms with van der Waals surface area (Å²) < 4.78 is 0. The van der Waals surface area contributed by atoms with Crippen LogP contribution in [0.1, 0.15) is 52.4 Å². The fourth-order valence-electron chi connectivity index (χ4n) is 2.09. The highest BCUT2D eigenvalue weighted by molar-refractivity contribution is 4.91. The summed E-state index contributed by atoms with van der Waals surface area (Å²) in [5.41, 5.74) is 5.21. The molecule has 17 heavy (non-hydrogen) atoms. The molecular weight excluding hydrogens is 218 g/mol. The summed E-state index contributed by atoms with van der Waals surface area (Å²) in [6, 6.07) is -0.566. The van der Waals surface area contributed by atoms with Gasteiger partial charge in [-0.15, -0.1) is 0 Å². The summed E-state index contributed by atoms with van der Waals surface area (Å²) >= 11 is 0. The minimum atomic E-state index is -0.760. The summed E-state index contributed by atoms with van der Waals surface area (Å²) in [5.74, 6) is 0. The van der Waals surface area contributed by atoms with Gasteiger partial charge in [0, 0.05) is 11.5 Å². The number of nitrogens with two attached hydrogens (primary N) is 1. The summed E-state index contributed by atoms with van der Waals surface area (Å²) in [6.45, 7) is 3.64. The smallest absolute Gasteiger partial charge is 0.0698 e. The molecule has 104 valence electrons. The van der Waals surface area contributed by atoms with Crippen molar-refractivity contribution in [2.45, 2.75) is 64.5 Å². The van der Waals surface area contributed by atoms with Crippen molar-refractivity contribution in [3.05, 3.63) is 0 Å². The lowest BCUT2D eigenvalue weighted by Gasteiger charge is -2.37. The molecule has 0 aliphatic rings. The topological polar surface area (TPSA) is 86.7 Å². The maximum absolute atomic E-state index is 10.00. The molecule has 0 bridgehead atoms. The zero-order chi connectivity index (χ0) is 13.3. The average Bonchev–Trinajstić information content (AvgIpc) is 2.37. The molecule has 0 aliphatic heterocycles. The SMILES string of the molecule is CCCCCCC(O)C(N)C(CC)(CO)CO. The number of aliphatic hydroxyl groups is 3. The van der Waals surface area contributed by atoms with Crippen molar-refractivity contribution in [1.82, 2.24) is 0 Å². The lowest BCUT2D eigenvalue weighted by molar-refractivity contribution is -0.0191. The van der Waals surface area contributed by atoms with Crippen molar-refractivity contribution in [2.75, 3.05) is 13.2 Å². The zero-order valence-electron chi connectivity index (χ0n) is 11.2. The van der Waals surface area contributed by atoms with Gasteiger partial charge in [0.1, 0.15) is 0 Å². The van der Waals surface area contributed by atoms with Crippen LogP contribution in [0.15, 0.2) is 0 Å². The standard InChI is InChI=1S/C13H29NO3/c1-3-5-6-7-8-11(17)12(14)13(4-2,9-15)10-16/h11-12,15-17H,3-10,14H2,1-2H3. The molecule has 0 radical (unpaired) electrons. The van der Waals surface area contributed by atoms with Gasteiger partial charge >= 0.3 is 0 Å². The Morgan fingerprint density at radius 3 is 2.06 bits per heavy atom. The Morgan fingerprint density at radius 1 is 1.06 bits per heavy atom. The van der Waals surface area contributed by atoms with Gasteiger partial charge in [-0.05, 0) is 12.8 Å². The third-order valence-electron chi connectivity index (χ3n) is 3.81. The van der Waals surface area contributed by atoms with Crippen LogP contribution in [0, 0.1) is 5.41 Å². The van der Waals surface area contributed by atoms with E-state index in [4.69, 9.17) is 5.73 Å². The van der Waals surface area contributed by atoms with Gasteiger partial charge in [0.2, 0.25) is 0 Å². The third-order valence-corrected chi connectivity index (χ3v) is 3.81. The molecule has 0 amide bonds. The van der Waals surface area contributed by atoms with Crippen LogP contribution in [0.25, 0.3) is 0 Å². The molecule has 0 aliphatic carbocycles. The second-order valence-corrected chi connectivity index (χ2v) is 4.97. The fraction of sp³-hybridized carbons (Fsp3) is 1.00. The Hall–Kier alpha value is -0.160. The molecule has 0 fully saturated rings. The first-order valence-electron chi connectivity index (χ1n) is 6.73. The normalized spacial score (nSPS) is 15.9. The molecule has 0 aromatic heterocycles. The highest BCUT2D eigenvalue weighted by Crippen LogP contribution is 2.27. The minimum absolute atomic E-state index is 0.187. The van der Waals surface area contributed by atoms with Gasteiger partial charge in [-0.1, -0.05) is 39.5 Å². The van der Waals surface area contributed by atoms with Gasteiger partial charge in [-0.3, -0.25) is 0 Å².